The van der Waals surface area contributed by atoms with Crippen molar-refractivity contribution in [2.24, 2.45) is 5.92 Å². The van der Waals surface area contributed by atoms with Crippen LogP contribution in [0.25, 0.3) is 11.4 Å². The second kappa shape index (κ2) is 5.37. The Bertz CT molecular complexity index is 600. The Balaban J connectivity index is 2.09. The molecule has 1 aromatic carbocycles. The van der Waals surface area contributed by atoms with Crippen molar-refractivity contribution in [1.82, 2.24) is 20.1 Å². The fraction of sp³-hybridized carbons (Fsp3) is 0.500. The number of hydrogen-bond acceptors (Lipinski definition) is 3. The molecule has 0 bridgehead atoms. The zero-order valence-electron chi connectivity index (χ0n) is 12.4. The number of aryl methyl sites for hydroxylation is 1. The van der Waals surface area contributed by atoms with Crippen molar-refractivity contribution in [2.75, 3.05) is 6.54 Å². The molecule has 4 nitrogen and oxygen atoms in total. The van der Waals surface area contributed by atoms with E-state index in [1.807, 2.05) is 0 Å². The van der Waals surface area contributed by atoms with Gasteiger partial charge in [0.05, 0.1) is 6.04 Å². The van der Waals surface area contributed by atoms with Crippen molar-refractivity contribution in [3.8, 4) is 11.4 Å². The van der Waals surface area contributed by atoms with E-state index in [-0.39, 0.29) is 0 Å². The van der Waals surface area contributed by atoms with Crippen LogP contribution in [0.3, 0.4) is 0 Å². The summed E-state index contributed by atoms with van der Waals surface area (Å²) < 4.78 is 2.29. The van der Waals surface area contributed by atoms with Crippen LogP contribution in [-0.2, 0) is 13.0 Å². The molecule has 4 heteroatoms. The summed E-state index contributed by atoms with van der Waals surface area (Å²) in [4.78, 5) is 0. The molecule has 0 spiro atoms. The van der Waals surface area contributed by atoms with E-state index in [0.717, 1.165) is 31.2 Å². The lowest BCUT2D eigenvalue weighted by Gasteiger charge is -2.27. The number of nitrogens with zero attached hydrogens (tertiary/aromatic N) is 3. The Morgan fingerprint density at radius 3 is 2.85 bits per heavy atom. The van der Waals surface area contributed by atoms with Gasteiger partial charge in [-0.1, -0.05) is 45.0 Å². The third-order valence-electron chi connectivity index (χ3n) is 4.06. The normalized spacial score (nSPS) is 18.3. The summed E-state index contributed by atoms with van der Waals surface area (Å²) in [5.41, 5.74) is 2.56. The van der Waals surface area contributed by atoms with Gasteiger partial charge in [0.25, 0.3) is 0 Å². The number of hydrogen-bond donors (Lipinski definition) is 1. The van der Waals surface area contributed by atoms with Gasteiger partial charge in [-0.3, -0.25) is 0 Å². The fourth-order valence-corrected chi connectivity index (χ4v) is 2.97. The highest BCUT2D eigenvalue weighted by Gasteiger charge is 2.27. The first-order valence-electron chi connectivity index (χ1n) is 7.47. The third-order valence-corrected chi connectivity index (χ3v) is 4.06. The molecule has 0 saturated heterocycles. The predicted molar refractivity (Wildman–Crippen MR) is 80.4 cm³/mol. The average Bonchev–Trinajstić information content (AvgIpc) is 2.90. The molecule has 0 saturated carbocycles. The van der Waals surface area contributed by atoms with Crippen molar-refractivity contribution in [3.63, 3.8) is 0 Å². The molecule has 1 aromatic heterocycles. The molecule has 3 rings (SSSR count). The Labute approximate surface area is 120 Å². The Hall–Kier alpha value is -1.68. The van der Waals surface area contributed by atoms with Gasteiger partial charge in [0.2, 0.25) is 0 Å². The van der Waals surface area contributed by atoms with Crippen LogP contribution in [0.1, 0.15) is 38.2 Å². The van der Waals surface area contributed by atoms with E-state index < -0.39 is 0 Å². The molecule has 0 amide bonds. The third kappa shape index (κ3) is 2.14. The molecular weight excluding hydrogens is 248 g/mol. The lowest BCUT2D eigenvalue weighted by molar-refractivity contribution is 0.339. The van der Waals surface area contributed by atoms with Gasteiger partial charge in [-0.25, -0.2) is 0 Å². The lowest BCUT2D eigenvalue weighted by atomic mass is 10.0. The Morgan fingerprint density at radius 1 is 1.30 bits per heavy atom. The molecule has 0 aliphatic carbocycles. The maximum atomic E-state index is 4.48. The first kappa shape index (κ1) is 13.3. The molecule has 2 heterocycles. The smallest absolute Gasteiger partial charge is 0.164 e. The minimum absolute atomic E-state index is 0.304. The van der Waals surface area contributed by atoms with E-state index in [0.29, 0.717) is 12.0 Å². The largest absolute Gasteiger partial charge is 0.308 e. The summed E-state index contributed by atoms with van der Waals surface area (Å²) in [6.07, 6.45) is 1.02. The van der Waals surface area contributed by atoms with Crippen LogP contribution in [0.4, 0.5) is 0 Å². The van der Waals surface area contributed by atoms with E-state index >= 15 is 0 Å². The summed E-state index contributed by atoms with van der Waals surface area (Å²) in [6, 6.07) is 8.81. The number of fused-ring (bicyclic) bond motifs is 1. The van der Waals surface area contributed by atoms with Gasteiger partial charge in [-0.2, -0.15) is 0 Å². The molecule has 1 atom stereocenters. The van der Waals surface area contributed by atoms with E-state index in [9.17, 15) is 0 Å². The Kier molecular flexibility index (Phi) is 3.57. The first-order chi connectivity index (χ1) is 9.72. The molecule has 1 unspecified atom stereocenters. The highest BCUT2D eigenvalue weighted by molar-refractivity contribution is 5.60. The van der Waals surface area contributed by atoms with Crippen LogP contribution in [0, 0.1) is 5.92 Å². The van der Waals surface area contributed by atoms with Gasteiger partial charge in [0, 0.05) is 18.7 Å². The molecule has 20 heavy (non-hydrogen) atoms. The molecule has 106 valence electrons. The van der Waals surface area contributed by atoms with E-state index in [2.05, 4.69) is 65.1 Å². The molecular formula is C16H22N4. The summed E-state index contributed by atoms with van der Waals surface area (Å²) in [6.45, 7) is 8.56. The van der Waals surface area contributed by atoms with Gasteiger partial charge in [0.15, 0.2) is 11.6 Å². The zero-order chi connectivity index (χ0) is 14.1. The van der Waals surface area contributed by atoms with Crippen LogP contribution < -0.4 is 5.32 Å². The lowest BCUT2D eigenvalue weighted by Crippen LogP contribution is -2.36. The monoisotopic (exact) mass is 270 g/mol. The van der Waals surface area contributed by atoms with Crippen molar-refractivity contribution in [3.05, 3.63) is 35.7 Å². The molecule has 1 aliphatic rings. The average molecular weight is 270 g/mol. The van der Waals surface area contributed by atoms with Crippen molar-refractivity contribution >= 4 is 0 Å². The van der Waals surface area contributed by atoms with Crippen LogP contribution in [0.5, 0.6) is 0 Å². The van der Waals surface area contributed by atoms with E-state index in [4.69, 9.17) is 0 Å². The van der Waals surface area contributed by atoms with Crippen molar-refractivity contribution in [2.45, 2.75) is 39.8 Å². The van der Waals surface area contributed by atoms with Crippen LogP contribution in [0.2, 0.25) is 0 Å². The molecule has 0 radical (unpaired) electrons. The second-order valence-corrected chi connectivity index (χ2v) is 5.72. The van der Waals surface area contributed by atoms with Gasteiger partial charge in [-0.05, 0) is 17.9 Å². The second-order valence-electron chi connectivity index (χ2n) is 5.72. The Morgan fingerprint density at radius 2 is 2.10 bits per heavy atom. The molecule has 1 N–H and O–H groups in total. The molecule has 2 aromatic rings. The minimum Gasteiger partial charge on any atom is -0.308 e. The van der Waals surface area contributed by atoms with Gasteiger partial charge in [-0.15, -0.1) is 10.2 Å². The highest BCUT2D eigenvalue weighted by Crippen LogP contribution is 2.29. The van der Waals surface area contributed by atoms with Crippen molar-refractivity contribution < 1.29 is 0 Å². The highest BCUT2D eigenvalue weighted by atomic mass is 15.3. The molecule has 0 fully saturated rings. The number of nitrogens with one attached hydrogen (secondary N) is 1. The van der Waals surface area contributed by atoms with Crippen LogP contribution in [-0.4, -0.2) is 21.3 Å². The zero-order valence-corrected chi connectivity index (χ0v) is 12.4. The van der Waals surface area contributed by atoms with E-state index in [1.54, 1.807) is 0 Å². The van der Waals surface area contributed by atoms with Gasteiger partial charge in [0.1, 0.15) is 0 Å². The topological polar surface area (TPSA) is 42.7 Å². The minimum atomic E-state index is 0.304. The van der Waals surface area contributed by atoms with E-state index in [1.165, 1.54) is 11.1 Å². The number of aromatic nitrogens is 3. The van der Waals surface area contributed by atoms with Crippen LogP contribution >= 0.6 is 0 Å². The summed E-state index contributed by atoms with van der Waals surface area (Å²) in [5.74, 6) is 2.62. The number of rotatable bonds is 3. The maximum absolute atomic E-state index is 4.48. The van der Waals surface area contributed by atoms with Crippen molar-refractivity contribution in [1.29, 1.82) is 0 Å². The quantitative estimate of drug-likeness (QED) is 0.932. The van der Waals surface area contributed by atoms with Gasteiger partial charge >= 0.3 is 0 Å². The molecule has 1 aliphatic heterocycles. The van der Waals surface area contributed by atoms with Gasteiger partial charge < -0.3 is 9.88 Å². The standard InChI is InChI=1S/C16H22N4/c1-4-12-7-5-6-8-13(12)15-18-19-16-14(11(2)3)17-9-10-20(15)16/h5-8,11,14,17H,4,9-10H2,1-3H3. The number of benzene rings is 1. The predicted octanol–water partition coefficient (Wildman–Crippen LogP) is 2.81. The van der Waals surface area contributed by atoms with Crippen LogP contribution in [0.15, 0.2) is 24.3 Å². The maximum Gasteiger partial charge on any atom is 0.164 e. The summed E-state index contributed by atoms with van der Waals surface area (Å²) in [7, 11) is 0. The fourth-order valence-electron chi connectivity index (χ4n) is 2.97. The SMILES string of the molecule is CCc1ccccc1-c1nnc2n1CCNC2C(C)C. The summed E-state index contributed by atoms with van der Waals surface area (Å²) >= 11 is 0. The first-order valence-corrected chi connectivity index (χ1v) is 7.47. The summed E-state index contributed by atoms with van der Waals surface area (Å²) in [5, 5.41) is 12.5.